The van der Waals surface area contributed by atoms with E-state index in [9.17, 15) is 22.4 Å². The number of imidazole rings is 1. The first-order chi connectivity index (χ1) is 16.1. The van der Waals surface area contributed by atoms with Crippen LogP contribution in [0.2, 0.25) is 0 Å². The molecule has 8 nitrogen and oxygen atoms in total. The van der Waals surface area contributed by atoms with Gasteiger partial charge in [-0.25, -0.2) is 9.37 Å². The van der Waals surface area contributed by atoms with Crippen molar-refractivity contribution in [2.45, 2.75) is 38.4 Å². The van der Waals surface area contributed by atoms with Gasteiger partial charge in [0.1, 0.15) is 29.0 Å². The van der Waals surface area contributed by atoms with Gasteiger partial charge < -0.3 is 19.8 Å². The fraction of sp³-hybridized carbons (Fsp3) is 0.318. The van der Waals surface area contributed by atoms with Crippen LogP contribution < -0.4 is 0 Å². The van der Waals surface area contributed by atoms with Crippen molar-refractivity contribution in [1.29, 1.82) is 5.41 Å². The Hall–Kier alpha value is -3.83. The molecule has 1 aromatic carbocycles. The molecule has 1 aliphatic rings. The zero-order valence-corrected chi connectivity index (χ0v) is 18.0. The number of carbonyl (C=O) groups excluding carboxylic acids is 1. The van der Waals surface area contributed by atoms with Crippen LogP contribution in [-0.4, -0.2) is 49.3 Å². The number of aryl methyl sites for hydroxylation is 1. The molecule has 0 aliphatic carbocycles. The lowest BCUT2D eigenvalue weighted by Gasteiger charge is -2.33. The predicted octanol–water partition coefficient (Wildman–Crippen LogP) is 4.62. The Morgan fingerprint density at radius 3 is 2.65 bits per heavy atom. The van der Waals surface area contributed by atoms with Gasteiger partial charge in [-0.2, -0.15) is 18.2 Å². The number of H-pyrrole nitrogens is 1. The highest BCUT2D eigenvalue weighted by molar-refractivity contribution is 6.10. The number of allylic oxidation sites excluding steroid dienone is 2. The summed E-state index contributed by atoms with van der Waals surface area (Å²) in [6, 6.07) is 4.02. The number of nitrogens with one attached hydrogen (secondary N) is 2. The molecule has 12 heteroatoms. The van der Waals surface area contributed by atoms with Crippen LogP contribution in [0.25, 0.3) is 5.57 Å². The van der Waals surface area contributed by atoms with Gasteiger partial charge in [0, 0.05) is 6.54 Å². The summed E-state index contributed by atoms with van der Waals surface area (Å²) >= 11 is 0. The van der Waals surface area contributed by atoms with Gasteiger partial charge in [0.2, 0.25) is 5.89 Å². The molecule has 1 unspecified atom stereocenters. The first kappa shape index (κ1) is 23.3. The van der Waals surface area contributed by atoms with E-state index in [4.69, 9.17) is 9.93 Å². The van der Waals surface area contributed by atoms with Crippen molar-refractivity contribution in [2.75, 3.05) is 6.54 Å². The molecule has 1 aliphatic heterocycles. The Morgan fingerprint density at radius 1 is 1.26 bits per heavy atom. The zero-order valence-electron chi connectivity index (χ0n) is 18.0. The molecular formula is C22H20F4N6O2. The third-order valence-electron chi connectivity index (χ3n) is 5.40. The molecule has 3 aromatic rings. The molecule has 1 atom stereocenters. The van der Waals surface area contributed by atoms with Crippen molar-refractivity contribution in [3.8, 4) is 0 Å². The lowest BCUT2D eigenvalue weighted by atomic mass is 10.0. The van der Waals surface area contributed by atoms with Gasteiger partial charge in [-0.15, -0.1) is 0 Å². The number of carbonyl (C=O) groups is 1. The van der Waals surface area contributed by atoms with E-state index in [-0.39, 0.29) is 17.1 Å². The standard InChI is InChI=1S/C22H20F4N6O2/c1-12-29-20(34-31-12)18-4-2-3-9-32(18)21(33)17-11-28-19(30-17)15(22(24,25)26)10-16(27)13-5-7-14(23)8-6-13/h5-8,10-11,18,27H,2-4,9H2,1H3,(H,28,30)/b15-10+,27-16?. The normalized spacial score (nSPS) is 17.1. The summed E-state index contributed by atoms with van der Waals surface area (Å²) in [5, 5.41) is 11.7. The average Bonchev–Trinajstić information content (AvgIpc) is 3.46. The maximum absolute atomic E-state index is 13.8. The SMILES string of the molecule is Cc1noc(C2CCCCN2C(=O)c2cnc(/C(=C\C(=N)c3ccc(F)cc3)C(F)(F)F)[nH]2)n1. The van der Waals surface area contributed by atoms with Crippen LogP contribution in [0.1, 0.15) is 58.9 Å². The molecule has 1 amide bonds. The quantitative estimate of drug-likeness (QED) is 0.412. The number of piperidine rings is 1. The van der Waals surface area contributed by atoms with Crippen LogP contribution in [0.3, 0.4) is 0 Å². The first-order valence-corrected chi connectivity index (χ1v) is 10.4. The van der Waals surface area contributed by atoms with E-state index in [0.717, 1.165) is 31.2 Å². The Bertz CT molecular complexity index is 1230. The summed E-state index contributed by atoms with van der Waals surface area (Å²) in [7, 11) is 0. The average molecular weight is 476 g/mol. The minimum Gasteiger partial charge on any atom is -0.337 e. The highest BCUT2D eigenvalue weighted by atomic mass is 19.4. The van der Waals surface area contributed by atoms with Gasteiger partial charge in [-0.05, 0) is 62.1 Å². The fourth-order valence-corrected chi connectivity index (χ4v) is 3.74. The molecule has 1 saturated heterocycles. The van der Waals surface area contributed by atoms with Crippen LogP contribution in [0.15, 0.2) is 41.1 Å². The van der Waals surface area contributed by atoms with E-state index in [1.807, 2.05) is 0 Å². The number of halogens is 4. The number of aromatic amines is 1. The van der Waals surface area contributed by atoms with Crippen molar-refractivity contribution in [3.63, 3.8) is 0 Å². The molecule has 178 valence electrons. The van der Waals surface area contributed by atoms with E-state index in [0.29, 0.717) is 24.9 Å². The van der Waals surface area contributed by atoms with Crippen LogP contribution >= 0.6 is 0 Å². The minimum atomic E-state index is -4.86. The minimum absolute atomic E-state index is 0.0945. The number of nitrogens with zero attached hydrogens (tertiary/aromatic N) is 4. The maximum Gasteiger partial charge on any atom is 0.420 e. The molecule has 2 aromatic heterocycles. The third-order valence-corrected chi connectivity index (χ3v) is 5.40. The van der Waals surface area contributed by atoms with Crippen molar-refractivity contribution in [2.24, 2.45) is 0 Å². The third kappa shape index (κ3) is 4.90. The van der Waals surface area contributed by atoms with Gasteiger partial charge in [0.25, 0.3) is 5.91 Å². The predicted molar refractivity (Wildman–Crippen MR) is 113 cm³/mol. The number of aromatic nitrogens is 4. The Balaban J connectivity index is 1.62. The number of hydrogen-bond acceptors (Lipinski definition) is 6. The number of benzene rings is 1. The van der Waals surface area contributed by atoms with Gasteiger partial charge in [0.15, 0.2) is 5.82 Å². The van der Waals surface area contributed by atoms with Gasteiger partial charge in [-0.1, -0.05) is 5.16 Å². The van der Waals surface area contributed by atoms with Crippen molar-refractivity contribution >= 4 is 17.2 Å². The fourth-order valence-electron chi connectivity index (χ4n) is 3.74. The van der Waals surface area contributed by atoms with E-state index >= 15 is 0 Å². The second-order valence-electron chi connectivity index (χ2n) is 7.81. The molecule has 0 saturated carbocycles. The summed E-state index contributed by atoms with van der Waals surface area (Å²) in [6.45, 7) is 2.02. The zero-order chi connectivity index (χ0) is 24.5. The number of hydrogen-bond donors (Lipinski definition) is 2. The monoisotopic (exact) mass is 476 g/mol. The topological polar surface area (TPSA) is 112 Å². The molecular weight excluding hydrogens is 456 g/mol. The van der Waals surface area contributed by atoms with Crippen LogP contribution in [0, 0.1) is 18.2 Å². The molecule has 0 bridgehead atoms. The molecule has 34 heavy (non-hydrogen) atoms. The number of rotatable bonds is 5. The molecule has 4 rings (SSSR count). The van der Waals surface area contributed by atoms with Gasteiger partial charge in [0.05, 0.1) is 11.9 Å². The number of amides is 1. The molecule has 2 N–H and O–H groups in total. The summed E-state index contributed by atoms with van der Waals surface area (Å²) in [5.74, 6) is -1.04. The summed E-state index contributed by atoms with van der Waals surface area (Å²) in [5.41, 5.74) is -1.76. The maximum atomic E-state index is 13.8. The summed E-state index contributed by atoms with van der Waals surface area (Å²) < 4.78 is 59.7. The van der Waals surface area contributed by atoms with E-state index in [1.54, 1.807) is 6.92 Å². The van der Waals surface area contributed by atoms with E-state index in [1.165, 1.54) is 17.0 Å². The van der Waals surface area contributed by atoms with Crippen molar-refractivity contribution in [1.82, 2.24) is 25.0 Å². The highest BCUT2D eigenvalue weighted by Crippen LogP contribution is 2.34. The van der Waals surface area contributed by atoms with Gasteiger partial charge in [-0.3, -0.25) is 4.79 Å². The lowest BCUT2D eigenvalue weighted by molar-refractivity contribution is -0.0693. The molecule has 0 spiro atoms. The second-order valence-corrected chi connectivity index (χ2v) is 7.81. The van der Waals surface area contributed by atoms with Gasteiger partial charge >= 0.3 is 6.18 Å². The molecule has 0 radical (unpaired) electrons. The second kappa shape index (κ2) is 9.20. The molecule has 1 fully saturated rings. The van der Waals surface area contributed by atoms with Crippen LogP contribution in [0.4, 0.5) is 17.6 Å². The highest BCUT2D eigenvalue weighted by Gasteiger charge is 2.38. The molecule has 3 heterocycles. The summed E-state index contributed by atoms with van der Waals surface area (Å²) in [4.78, 5) is 25.0. The first-order valence-electron chi connectivity index (χ1n) is 10.4. The summed E-state index contributed by atoms with van der Waals surface area (Å²) in [6.07, 6.45) is -1.11. The Morgan fingerprint density at radius 2 is 2.00 bits per heavy atom. The largest absolute Gasteiger partial charge is 0.420 e. The Kier molecular flexibility index (Phi) is 6.31. The number of likely N-dealkylation sites (tertiary alicyclic amines) is 1. The Labute approximate surface area is 191 Å². The number of alkyl halides is 3. The van der Waals surface area contributed by atoms with Crippen LogP contribution in [-0.2, 0) is 0 Å². The van der Waals surface area contributed by atoms with Crippen LogP contribution in [0.5, 0.6) is 0 Å². The smallest absolute Gasteiger partial charge is 0.337 e. The van der Waals surface area contributed by atoms with Crippen molar-refractivity contribution in [3.05, 3.63) is 71.2 Å². The van der Waals surface area contributed by atoms with E-state index in [2.05, 4.69) is 20.1 Å². The van der Waals surface area contributed by atoms with E-state index < -0.39 is 41.1 Å². The van der Waals surface area contributed by atoms with Crippen molar-refractivity contribution < 1.29 is 26.9 Å². The lowest BCUT2D eigenvalue weighted by Crippen LogP contribution is -2.38.